The molecule has 15 heavy (non-hydrogen) atoms. The first-order valence-corrected chi connectivity index (χ1v) is 7.00. The molecule has 0 amide bonds. The van der Waals surface area contributed by atoms with Crippen LogP contribution in [0.25, 0.3) is 0 Å². The lowest BCUT2D eigenvalue weighted by molar-refractivity contribution is -0.960. The summed E-state index contributed by atoms with van der Waals surface area (Å²) in [7, 11) is 0. The molecular weight excluding hydrogens is 182 g/mol. The van der Waals surface area contributed by atoms with E-state index in [1.807, 2.05) is 0 Å². The fourth-order valence-corrected chi connectivity index (χ4v) is 4.14. The molecule has 0 bridgehead atoms. The largest absolute Gasteiger partial charge is 0.321 e. The van der Waals surface area contributed by atoms with E-state index < -0.39 is 0 Å². The third kappa shape index (κ3) is 2.22. The zero-order valence-electron chi connectivity index (χ0n) is 10.8. The third-order valence-electron chi connectivity index (χ3n) is 5.09. The molecule has 3 atom stereocenters. The molecular formula is C14H28N+. The highest BCUT2D eigenvalue weighted by molar-refractivity contribution is 4.74. The molecule has 0 N–H and O–H groups in total. The molecule has 2 aliphatic rings. The molecule has 1 heteroatoms. The Kier molecular flexibility index (Phi) is 3.39. The van der Waals surface area contributed by atoms with Crippen LogP contribution in [0.5, 0.6) is 0 Å². The highest BCUT2D eigenvalue weighted by atomic mass is 15.4. The van der Waals surface area contributed by atoms with Crippen LogP contribution in [0.4, 0.5) is 0 Å². The van der Waals surface area contributed by atoms with Crippen LogP contribution < -0.4 is 0 Å². The van der Waals surface area contributed by atoms with Crippen molar-refractivity contribution in [2.24, 2.45) is 11.8 Å². The first kappa shape index (κ1) is 11.4. The van der Waals surface area contributed by atoms with Crippen molar-refractivity contribution in [2.75, 3.05) is 19.6 Å². The van der Waals surface area contributed by atoms with E-state index in [0.717, 1.165) is 17.9 Å². The van der Waals surface area contributed by atoms with Gasteiger partial charge in [0.15, 0.2) is 0 Å². The van der Waals surface area contributed by atoms with E-state index in [4.69, 9.17) is 0 Å². The summed E-state index contributed by atoms with van der Waals surface area (Å²) in [6.07, 6.45) is 7.37. The van der Waals surface area contributed by atoms with Gasteiger partial charge in [-0.25, -0.2) is 0 Å². The number of hydrogen-bond acceptors (Lipinski definition) is 0. The van der Waals surface area contributed by atoms with Crippen LogP contribution in [-0.2, 0) is 0 Å². The molecule has 88 valence electrons. The first-order valence-electron chi connectivity index (χ1n) is 7.00. The van der Waals surface area contributed by atoms with Crippen LogP contribution in [0, 0.1) is 11.8 Å². The molecule has 0 aromatic carbocycles. The molecule has 2 fully saturated rings. The minimum atomic E-state index is 0.916. The molecule has 2 aliphatic heterocycles. The second-order valence-corrected chi connectivity index (χ2v) is 6.32. The number of hydrogen-bond donors (Lipinski definition) is 0. The second kappa shape index (κ2) is 4.45. The third-order valence-corrected chi connectivity index (χ3v) is 5.09. The van der Waals surface area contributed by atoms with Crippen molar-refractivity contribution in [1.29, 1.82) is 0 Å². The average molecular weight is 210 g/mol. The molecule has 1 nitrogen and oxygen atoms in total. The quantitative estimate of drug-likeness (QED) is 0.537. The SMILES string of the molecule is CC1CC(C)C(C)[N+]2(CCCCCC2)C1. The fraction of sp³-hybridized carbons (Fsp3) is 1.00. The maximum Gasteiger partial charge on any atom is 0.0887 e. The maximum absolute atomic E-state index is 2.52. The van der Waals surface area contributed by atoms with E-state index in [0.29, 0.717) is 0 Å². The van der Waals surface area contributed by atoms with Crippen LogP contribution in [-0.4, -0.2) is 30.2 Å². The molecule has 0 aromatic heterocycles. The zero-order chi connectivity index (χ0) is 10.9. The van der Waals surface area contributed by atoms with Gasteiger partial charge in [-0.05, 0) is 39.0 Å². The lowest BCUT2D eigenvalue weighted by Gasteiger charge is -2.51. The zero-order valence-corrected chi connectivity index (χ0v) is 10.8. The van der Waals surface area contributed by atoms with Crippen molar-refractivity contribution < 1.29 is 4.48 Å². The number of rotatable bonds is 0. The van der Waals surface area contributed by atoms with Crippen LogP contribution >= 0.6 is 0 Å². The smallest absolute Gasteiger partial charge is 0.0887 e. The highest BCUT2D eigenvalue weighted by Crippen LogP contribution is 2.35. The summed E-state index contributed by atoms with van der Waals surface area (Å²) in [6, 6.07) is 0.916. The van der Waals surface area contributed by atoms with Gasteiger partial charge in [-0.1, -0.05) is 13.8 Å². The van der Waals surface area contributed by atoms with Crippen molar-refractivity contribution in [2.45, 2.75) is 58.9 Å². The van der Waals surface area contributed by atoms with Gasteiger partial charge in [-0.15, -0.1) is 0 Å². The van der Waals surface area contributed by atoms with Gasteiger partial charge in [0.25, 0.3) is 0 Å². The maximum atomic E-state index is 2.52. The number of piperidine rings is 1. The summed E-state index contributed by atoms with van der Waals surface area (Å²) in [5, 5.41) is 0. The summed E-state index contributed by atoms with van der Waals surface area (Å²) >= 11 is 0. The van der Waals surface area contributed by atoms with Gasteiger partial charge in [0.05, 0.1) is 25.7 Å². The molecule has 2 heterocycles. The predicted molar refractivity (Wildman–Crippen MR) is 65.7 cm³/mol. The van der Waals surface area contributed by atoms with Crippen molar-refractivity contribution in [3.8, 4) is 0 Å². The van der Waals surface area contributed by atoms with Gasteiger partial charge in [0, 0.05) is 11.8 Å². The van der Waals surface area contributed by atoms with Crippen LogP contribution in [0.3, 0.4) is 0 Å². The summed E-state index contributed by atoms with van der Waals surface area (Å²) in [6.45, 7) is 11.9. The number of quaternary nitrogens is 1. The van der Waals surface area contributed by atoms with Gasteiger partial charge >= 0.3 is 0 Å². The van der Waals surface area contributed by atoms with E-state index in [9.17, 15) is 0 Å². The van der Waals surface area contributed by atoms with Crippen LogP contribution in [0.2, 0.25) is 0 Å². The van der Waals surface area contributed by atoms with E-state index in [2.05, 4.69) is 20.8 Å². The molecule has 2 rings (SSSR count). The topological polar surface area (TPSA) is 0 Å². The average Bonchev–Trinajstić information content (AvgIpc) is 2.41. The Labute approximate surface area is 95.4 Å². The molecule has 3 unspecified atom stereocenters. The van der Waals surface area contributed by atoms with Gasteiger partial charge < -0.3 is 4.48 Å². The Morgan fingerprint density at radius 2 is 1.47 bits per heavy atom. The van der Waals surface area contributed by atoms with Crippen LogP contribution in [0.1, 0.15) is 52.9 Å². The van der Waals surface area contributed by atoms with Gasteiger partial charge in [-0.2, -0.15) is 0 Å². The van der Waals surface area contributed by atoms with Crippen molar-refractivity contribution in [3.05, 3.63) is 0 Å². The Morgan fingerprint density at radius 1 is 0.867 bits per heavy atom. The van der Waals surface area contributed by atoms with Gasteiger partial charge in [0.2, 0.25) is 0 Å². The lowest BCUT2D eigenvalue weighted by Crippen LogP contribution is -2.62. The molecule has 1 spiro atoms. The van der Waals surface area contributed by atoms with Crippen LogP contribution in [0.15, 0.2) is 0 Å². The Morgan fingerprint density at radius 3 is 2.07 bits per heavy atom. The van der Waals surface area contributed by atoms with Crippen molar-refractivity contribution in [1.82, 2.24) is 0 Å². The highest BCUT2D eigenvalue weighted by Gasteiger charge is 2.42. The Hall–Kier alpha value is -0.0400. The Balaban J connectivity index is 2.14. The molecule has 2 saturated heterocycles. The van der Waals surface area contributed by atoms with Crippen molar-refractivity contribution in [3.63, 3.8) is 0 Å². The Bertz CT molecular complexity index is 203. The molecule has 0 saturated carbocycles. The normalized spacial score (nSPS) is 41.4. The summed E-state index contributed by atoms with van der Waals surface area (Å²) in [4.78, 5) is 0. The van der Waals surface area contributed by atoms with E-state index in [1.165, 1.54) is 56.2 Å². The minimum Gasteiger partial charge on any atom is -0.321 e. The molecule has 0 aromatic rings. The van der Waals surface area contributed by atoms with E-state index in [1.54, 1.807) is 0 Å². The summed E-state index contributed by atoms with van der Waals surface area (Å²) in [5.41, 5.74) is 0. The molecule has 0 aliphatic carbocycles. The summed E-state index contributed by atoms with van der Waals surface area (Å²) in [5.74, 6) is 1.89. The second-order valence-electron chi connectivity index (χ2n) is 6.32. The van der Waals surface area contributed by atoms with Gasteiger partial charge in [0.1, 0.15) is 0 Å². The fourth-order valence-electron chi connectivity index (χ4n) is 4.14. The molecule has 0 radical (unpaired) electrons. The minimum absolute atomic E-state index is 0.916. The first-order chi connectivity index (χ1) is 7.14. The van der Waals surface area contributed by atoms with Gasteiger partial charge in [-0.3, -0.25) is 0 Å². The predicted octanol–water partition coefficient (Wildman–Crippen LogP) is 3.44. The van der Waals surface area contributed by atoms with Crippen molar-refractivity contribution >= 4 is 0 Å². The standard InChI is InChI=1S/C14H28N/c1-12-10-13(2)14(3)15(11-12)8-6-4-5-7-9-15/h12-14H,4-11H2,1-3H3/q+1. The van der Waals surface area contributed by atoms with E-state index >= 15 is 0 Å². The van der Waals surface area contributed by atoms with E-state index in [-0.39, 0.29) is 0 Å². The monoisotopic (exact) mass is 210 g/mol. The number of nitrogens with zero attached hydrogens (tertiary/aromatic N) is 1. The summed E-state index contributed by atoms with van der Waals surface area (Å²) < 4.78 is 1.46. The lowest BCUT2D eigenvalue weighted by atomic mass is 9.83.